The van der Waals surface area contributed by atoms with Crippen LogP contribution < -0.4 is 0 Å². The molecule has 2 rings (SSSR count). The minimum atomic E-state index is -0.597. The number of likely N-dealkylation sites (tertiary alicyclic amines) is 1. The molecule has 0 unspecified atom stereocenters. The van der Waals surface area contributed by atoms with E-state index in [0.717, 1.165) is 19.3 Å². The maximum absolute atomic E-state index is 12.6. The van der Waals surface area contributed by atoms with Gasteiger partial charge in [0.25, 0.3) is 0 Å². The van der Waals surface area contributed by atoms with E-state index < -0.39 is 5.41 Å². The van der Waals surface area contributed by atoms with Crippen LogP contribution in [-0.2, 0) is 22.6 Å². The zero-order valence-electron chi connectivity index (χ0n) is 13.9. The number of amides is 2. The van der Waals surface area contributed by atoms with Crippen LogP contribution in [-0.4, -0.2) is 26.9 Å². The lowest BCUT2D eigenvalue weighted by atomic mass is 9.80. The number of aryl methyl sites for hydroxylation is 1. The molecule has 0 aliphatic carbocycles. The largest absolute Gasteiger partial charge is 0.339 e. The Balaban J connectivity index is 2.05. The average Bonchev–Trinajstić information content (AvgIpc) is 2.95. The molecule has 1 aliphatic rings. The molecule has 6 heteroatoms. The number of nitrogens with zero attached hydrogens (tertiary/aromatic N) is 3. The van der Waals surface area contributed by atoms with Crippen molar-refractivity contribution < 1.29 is 14.1 Å². The van der Waals surface area contributed by atoms with Crippen molar-refractivity contribution in [3.05, 3.63) is 11.7 Å². The van der Waals surface area contributed by atoms with E-state index in [2.05, 4.69) is 30.9 Å². The predicted octanol–water partition coefficient (Wildman–Crippen LogP) is 2.72. The maximum atomic E-state index is 12.6. The van der Waals surface area contributed by atoms with Crippen LogP contribution in [0.25, 0.3) is 0 Å². The summed E-state index contributed by atoms with van der Waals surface area (Å²) in [5.41, 5.74) is -0.597. The first kappa shape index (κ1) is 16.6. The molecular weight excluding hydrogens is 282 g/mol. The zero-order valence-corrected chi connectivity index (χ0v) is 13.9. The summed E-state index contributed by atoms with van der Waals surface area (Å²) in [7, 11) is 0. The molecule has 1 saturated heterocycles. The third-order valence-electron chi connectivity index (χ3n) is 4.02. The highest BCUT2D eigenvalue weighted by Gasteiger charge is 2.48. The Labute approximate surface area is 131 Å². The van der Waals surface area contributed by atoms with Crippen LogP contribution in [0.4, 0.5) is 0 Å². The summed E-state index contributed by atoms with van der Waals surface area (Å²) in [4.78, 5) is 30.3. The molecule has 2 amide bonds. The summed E-state index contributed by atoms with van der Waals surface area (Å²) in [5, 5.41) is 3.88. The summed E-state index contributed by atoms with van der Waals surface area (Å²) < 4.78 is 5.15. The first-order valence-corrected chi connectivity index (χ1v) is 8.02. The number of hydrogen-bond acceptors (Lipinski definition) is 5. The molecule has 0 saturated carbocycles. The lowest BCUT2D eigenvalue weighted by Crippen LogP contribution is -2.34. The van der Waals surface area contributed by atoms with Crippen LogP contribution in [0.15, 0.2) is 4.52 Å². The standard InChI is InChI=1S/C16H25N3O3/c1-5-6-7-13-17-12(18-22-13)10-19-14(20)9-16(4,15(19)21)8-11(2)3/h11H,5-10H2,1-4H3/t16-/m1/s1. The number of rotatable bonds is 7. The Morgan fingerprint density at radius 1 is 1.36 bits per heavy atom. The molecule has 0 spiro atoms. The monoisotopic (exact) mass is 307 g/mol. The lowest BCUT2D eigenvalue weighted by Gasteiger charge is -2.23. The fourth-order valence-electron chi connectivity index (χ4n) is 3.09. The molecule has 1 fully saturated rings. The van der Waals surface area contributed by atoms with Gasteiger partial charge in [-0.1, -0.05) is 39.3 Å². The van der Waals surface area contributed by atoms with Gasteiger partial charge < -0.3 is 4.52 Å². The highest BCUT2D eigenvalue weighted by molar-refractivity contribution is 6.05. The Bertz CT molecular complexity index is 553. The van der Waals surface area contributed by atoms with E-state index in [-0.39, 0.29) is 24.8 Å². The van der Waals surface area contributed by atoms with Crippen molar-refractivity contribution >= 4 is 11.8 Å². The molecule has 1 atom stereocenters. The molecule has 0 radical (unpaired) electrons. The molecule has 0 bridgehead atoms. The van der Waals surface area contributed by atoms with Crippen molar-refractivity contribution in [2.24, 2.45) is 11.3 Å². The number of carbonyl (C=O) groups is 2. The first-order valence-electron chi connectivity index (χ1n) is 8.02. The number of imide groups is 1. The lowest BCUT2D eigenvalue weighted by molar-refractivity contribution is -0.142. The molecule has 1 aliphatic heterocycles. The van der Waals surface area contributed by atoms with Crippen molar-refractivity contribution in [1.82, 2.24) is 15.0 Å². The Morgan fingerprint density at radius 2 is 2.09 bits per heavy atom. The zero-order chi connectivity index (χ0) is 16.3. The highest BCUT2D eigenvalue weighted by atomic mass is 16.5. The minimum absolute atomic E-state index is 0.112. The van der Waals surface area contributed by atoms with E-state index in [1.54, 1.807) is 0 Å². The minimum Gasteiger partial charge on any atom is -0.339 e. The SMILES string of the molecule is CCCCc1nc(CN2C(=O)C[C@@](C)(CC(C)C)C2=O)no1. The Hall–Kier alpha value is -1.72. The summed E-state index contributed by atoms with van der Waals surface area (Å²) in [6.45, 7) is 8.20. The Morgan fingerprint density at radius 3 is 2.73 bits per heavy atom. The third-order valence-corrected chi connectivity index (χ3v) is 4.02. The summed E-state index contributed by atoms with van der Waals surface area (Å²) in [5.74, 6) is 1.08. The van der Waals surface area contributed by atoms with E-state index in [4.69, 9.17) is 4.52 Å². The summed E-state index contributed by atoms with van der Waals surface area (Å²) in [6.07, 6.45) is 3.74. The van der Waals surface area contributed by atoms with Crippen LogP contribution in [0, 0.1) is 11.3 Å². The van der Waals surface area contributed by atoms with E-state index >= 15 is 0 Å². The summed E-state index contributed by atoms with van der Waals surface area (Å²) in [6, 6.07) is 0. The smallest absolute Gasteiger partial charge is 0.236 e. The normalized spacial score (nSPS) is 22.1. The van der Waals surface area contributed by atoms with Crippen molar-refractivity contribution in [3.8, 4) is 0 Å². The van der Waals surface area contributed by atoms with Crippen molar-refractivity contribution in [2.75, 3.05) is 0 Å². The van der Waals surface area contributed by atoms with E-state index in [9.17, 15) is 9.59 Å². The van der Waals surface area contributed by atoms with Crippen LogP contribution in [0.3, 0.4) is 0 Å². The van der Waals surface area contributed by atoms with Gasteiger partial charge in [0.05, 0.1) is 12.0 Å². The molecule has 22 heavy (non-hydrogen) atoms. The molecule has 1 aromatic heterocycles. The van der Waals surface area contributed by atoms with Gasteiger partial charge in [0.1, 0.15) is 0 Å². The van der Waals surface area contributed by atoms with Gasteiger partial charge in [-0.15, -0.1) is 0 Å². The second-order valence-corrected chi connectivity index (χ2v) is 6.83. The molecular formula is C16H25N3O3. The quantitative estimate of drug-likeness (QED) is 0.724. The average molecular weight is 307 g/mol. The second kappa shape index (κ2) is 6.58. The summed E-state index contributed by atoms with van der Waals surface area (Å²) >= 11 is 0. The maximum Gasteiger partial charge on any atom is 0.236 e. The second-order valence-electron chi connectivity index (χ2n) is 6.83. The van der Waals surface area contributed by atoms with Gasteiger partial charge in [-0.25, -0.2) is 0 Å². The fourth-order valence-corrected chi connectivity index (χ4v) is 3.09. The van der Waals surface area contributed by atoms with Gasteiger partial charge in [0.2, 0.25) is 17.7 Å². The van der Waals surface area contributed by atoms with E-state index in [1.165, 1.54) is 4.90 Å². The van der Waals surface area contributed by atoms with Crippen molar-refractivity contribution in [3.63, 3.8) is 0 Å². The van der Waals surface area contributed by atoms with Crippen molar-refractivity contribution in [1.29, 1.82) is 0 Å². The van der Waals surface area contributed by atoms with Crippen LogP contribution in [0.2, 0.25) is 0 Å². The number of hydrogen-bond donors (Lipinski definition) is 0. The number of carbonyl (C=O) groups excluding carboxylic acids is 2. The van der Waals surface area contributed by atoms with Gasteiger partial charge in [-0.3, -0.25) is 14.5 Å². The Kier molecular flexibility index (Phi) is 4.98. The number of aromatic nitrogens is 2. The number of unbranched alkanes of at least 4 members (excludes halogenated alkanes) is 1. The van der Waals surface area contributed by atoms with Gasteiger partial charge in [-0.2, -0.15) is 4.98 Å². The van der Waals surface area contributed by atoms with Crippen molar-refractivity contribution in [2.45, 2.75) is 66.3 Å². The van der Waals surface area contributed by atoms with Gasteiger partial charge >= 0.3 is 0 Å². The van der Waals surface area contributed by atoms with Gasteiger partial charge in [-0.05, 0) is 18.8 Å². The molecule has 0 aromatic carbocycles. The molecule has 122 valence electrons. The van der Waals surface area contributed by atoms with Crippen LogP contribution >= 0.6 is 0 Å². The topological polar surface area (TPSA) is 76.3 Å². The van der Waals surface area contributed by atoms with Gasteiger partial charge in [0, 0.05) is 12.8 Å². The van der Waals surface area contributed by atoms with Crippen LogP contribution in [0.5, 0.6) is 0 Å². The van der Waals surface area contributed by atoms with Gasteiger partial charge in [0.15, 0.2) is 5.82 Å². The highest BCUT2D eigenvalue weighted by Crippen LogP contribution is 2.38. The molecule has 1 aromatic rings. The first-order chi connectivity index (χ1) is 10.4. The van der Waals surface area contributed by atoms with Crippen LogP contribution in [0.1, 0.15) is 65.1 Å². The third kappa shape index (κ3) is 3.54. The molecule has 2 heterocycles. The fraction of sp³-hybridized carbons (Fsp3) is 0.750. The predicted molar refractivity (Wildman–Crippen MR) is 80.6 cm³/mol. The molecule has 0 N–H and O–H groups in total. The molecule has 6 nitrogen and oxygen atoms in total. The van der Waals surface area contributed by atoms with E-state index in [0.29, 0.717) is 24.1 Å². The van der Waals surface area contributed by atoms with E-state index in [1.807, 2.05) is 6.92 Å².